The minimum atomic E-state index is 0.120. The van der Waals surface area contributed by atoms with Crippen molar-refractivity contribution in [3.63, 3.8) is 0 Å². The Balaban J connectivity index is 1.57. The molecule has 1 aromatic carbocycles. The van der Waals surface area contributed by atoms with Gasteiger partial charge in [0.25, 0.3) is 0 Å². The molecule has 0 unspecified atom stereocenters. The molecule has 2 atom stereocenters. The van der Waals surface area contributed by atoms with Gasteiger partial charge in [0.1, 0.15) is 11.4 Å². The van der Waals surface area contributed by atoms with E-state index in [0.717, 1.165) is 18.2 Å². The Morgan fingerprint density at radius 2 is 2.21 bits per heavy atom. The molecule has 3 heterocycles. The maximum Gasteiger partial charge on any atom is 0.123 e. The Morgan fingerprint density at radius 3 is 3.16 bits per heavy atom. The van der Waals surface area contributed by atoms with E-state index in [1.54, 1.807) is 0 Å². The molecule has 0 aliphatic carbocycles. The van der Waals surface area contributed by atoms with E-state index in [0.29, 0.717) is 0 Å². The lowest BCUT2D eigenvalue weighted by atomic mass is 9.80. The second-order valence-corrected chi connectivity index (χ2v) is 6.71. The molecule has 0 amide bonds. The lowest BCUT2D eigenvalue weighted by molar-refractivity contribution is -0.0249. The van der Waals surface area contributed by atoms with Crippen molar-refractivity contribution in [3.8, 4) is 5.75 Å². The van der Waals surface area contributed by atoms with Gasteiger partial charge in [0, 0.05) is 31.8 Å². The Hall–Kier alpha value is -1.02. The molecule has 1 aromatic rings. The molecule has 0 aromatic heterocycles. The van der Waals surface area contributed by atoms with E-state index >= 15 is 0 Å². The lowest BCUT2D eigenvalue weighted by Gasteiger charge is -2.46. The normalized spacial score (nSPS) is 33.8. The molecule has 3 aliphatic heterocycles. The van der Waals surface area contributed by atoms with Gasteiger partial charge < -0.3 is 9.64 Å². The first kappa shape index (κ1) is 11.8. The van der Waals surface area contributed by atoms with Crippen LogP contribution in [0.25, 0.3) is 0 Å². The SMILES string of the molecule is Cc1ccc2c(c1)C[C@]1(CCN3CCCC[C@H]3C1)O2. The van der Waals surface area contributed by atoms with E-state index in [1.807, 2.05) is 0 Å². The number of hydrogen-bond donors (Lipinski definition) is 0. The van der Waals surface area contributed by atoms with Crippen LogP contribution in [0.2, 0.25) is 0 Å². The molecular weight excluding hydrogens is 234 g/mol. The Morgan fingerprint density at radius 1 is 1.26 bits per heavy atom. The van der Waals surface area contributed by atoms with Crippen molar-refractivity contribution in [2.75, 3.05) is 13.1 Å². The highest BCUT2D eigenvalue weighted by molar-refractivity contribution is 5.42. The predicted molar refractivity (Wildman–Crippen MR) is 76.7 cm³/mol. The van der Waals surface area contributed by atoms with E-state index in [4.69, 9.17) is 4.74 Å². The molecule has 2 nitrogen and oxygen atoms in total. The highest BCUT2D eigenvalue weighted by Crippen LogP contribution is 2.44. The fraction of sp³-hybridized carbons (Fsp3) is 0.647. The highest BCUT2D eigenvalue weighted by Gasteiger charge is 2.45. The minimum absolute atomic E-state index is 0.120. The average Bonchev–Trinajstić information content (AvgIpc) is 2.75. The Bertz CT molecular complexity index is 498. The summed E-state index contributed by atoms with van der Waals surface area (Å²) in [5.74, 6) is 1.15. The molecule has 0 radical (unpaired) electrons. The van der Waals surface area contributed by atoms with E-state index in [2.05, 4.69) is 30.0 Å². The number of rotatable bonds is 0. The van der Waals surface area contributed by atoms with Gasteiger partial charge in [-0.1, -0.05) is 24.1 Å². The second kappa shape index (κ2) is 4.24. The fourth-order valence-electron chi connectivity index (χ4n) is 4.28. The molecular formula is C17H23NO. The summed E-state index contributed by atoms with van der Waals surface area (Å²) in [5, 5.41) is 0. The van der Waals surface area contributed by atoms with Gasteiger partial charge in [-0.05, 0) is 37.9 Å². The quantitative estimate of drug-likeness (QED) is 0.707. The molecule has 102 valence electrons. The van der Waals surface area contributed by atoms with Crippen molar-refractivity contribution >= 4 is 0 Å². The van der Waals surface area contributed by atoms with Gasteiger partial charge in [0.05, 0.1) is 0 Å². The van der Waals surface area contributed by atoms with Crippen LogP contribution >= 0.6 is 0 Å². The molecule has 4 rings (SSSR count). The summed E-state index contributed by atoms with van der Waals surface area (Å²) in [6, 6.07) is 7.44. The van der Waals surface area contributed by atoms with Crippen LogP contribution in [0.1, 0.15) is 43.2 Å². The molecule has 19 heavy (non-hydrogen) atoms. The first-order valence-electron chi connectivity index (χ1n) is 7.77. The summed E-state index contributed by atoms with van der Waals surface area (Å²) >= 11 is 0. The second-order valence-electron chi connectivity index (χ2n) is 6.71. The van der Waals surface area contributed by atoms with Crippen LogP contribution < -0.4 is 4.74 Å². The zero-order chi connectivity index (χ0) is 12.9. The van der Waals surface area contributed by atoms with Gasteiger partial charge in [0.2, 0.25) is 0 Å². The van der Waals surface area contributed by atoms with E-state index in [-0.39, 0.29) is 5.60 Å². The number of piperidine rings is 2. The molecule has 1 spiro atoms. The first-order valence-corrected chi connectivity index (χ1v) is 7.77. The van der Waals surface area contributed by atoms with E-state index < -0.39 is 0 Å². The third-order valence-corrected chi connectivity index (χ3v) is 5.27. The maximum absolute atomic E-state index is 6.41. The highest BCUT2D eigenvalue weighted by atomic mass is 16.5. The monoisotopic (exact) mass is 257 g/mol. The van der Waals surface area contributed by atoms with Crippen LogP contribution in [0.5, 0.6) is 5.75 Å². The lowest BCUT2D eigenvalue weighted by Crippen LogP contribution is -2.54. The third kappa shape index (κ3) is 1.97. The predicted octanol–water partition coefficient (Wildman–Crippen LogP) is 3.32. The molecule has 0 saturated carbocycles. The van der Waals surface area contributed by atoms with Crippen molar-refractivity contribution in [2.24, 2.45) is 0 Å². The average molecular weight is 257 g/mol. The molecule has 2 fully saturated rings. The van der Waals surface area contributed by atoms with Crippen molar-refractivity contribution in [2.45, 2.75) is 57.1 Å². The van der Waals surface area contributed by atoms with Gasteiger partial charge >= 0.3 is 0 Å². The Kier molecular flexibility index (Phi) is 2.63. The van der Waals surface area contributed by atoms with E-state index in [9.17, 15) is 0 Å². The van der Waals surface area contributed by atoms with Gasteiger partial charge in [-0.3, -0.25) is 0 Å². The summed E-state index contributed by atoms with van der Waals surface area (Å²) in [7, 11) is 0. The summed E-state index contributed by atoms with van der Waals surface area (Å²) < 4.78 is 6.41. The van der Waals surface area contributed by atoms with Gasteiger partial charge in [-0.2, -0.15) is 0 Å². The van der Waals surface area contributed by atoms with Crippen molar-refractivity contribution in [3.05, 3.63) is 29.3 Å². The van der Waals surface area contributed by atoms with Crippen LogP contribution in [-0.2, 0) is 6.42 Å². The molecule has 0 bridgehead atoms. The third-order valence-electron chi connectivity index (χ3n) is 5.27. The molecule has 0 N–H and O–H groups in total. The van der Waals surface area contributed by atoms with Crippen LogP contribution in [0.3, 0.4) is 0 Å². The summed E-state index contributed by atoms with van der Waals surface area (Å²) in [6.45, 7) is 4.72. The van der Waals surface area contributed by atoms with Crippen molar-refractivity contribution in [1.82, 2.24) is 4.90 Å². The maximum atomic E-state index is 6.41. The number of aryl methyl sites for hydroxylation is 1. The number of benzene rings is 1. The summed E-state index contributed by atoms with van der Waals surface area (Å²) in [6.07, 6.45) is 7.75. The smallest absolute Gasteiger partial charge is 0.123 e. The summed E-state index contributed by atoms with van der Waals surface area (Å²) in [5.41, 5.74) is 2.91. The van der Waals surface area contributed by atoms with Crippen LogP contribution in [0.15, 0.2) is 18.2 Å². The number of ether oxygens (including phenoxy) is 1. The van der Waals surface area contributed by atoms with Crippen LogP contribution in [0.4, 0.5) is 0 Å². The van der Waals surface area contributed by atoms with Gasteiger partial charge in [-0.25, -0.2) is 0 Å². The first-order chi connectivity index (χ1) is 9.24. The standard InChI is InChI=1S/C17H23NO/c1-13-5-6-16-14(10-13)11-17(19-16)7-9-18-8-3-2-4-15(18)12-17/h5-6,10,15H,2-4,7-9,11-12H2,1H3/t15-,17-/m0/s1. The zero-order valence-corrected chi connectivity index (χ0v) is 11.8. The van der Waals surface area contributed by atoms with Crippen LogP contribution in [-0.4, -0.2) is 29.6 Å². The Labute approximate surface area is 115 Å². The minimum Gasteiger partial charge on any atom is -0.487 e. The summed E-state index contributed by atoms with van der Waals surface area (Å²) in [4.78, 5) is 2.70. The van der Waals surface area contributed by atoms with Gasteiger partial charge in [-0.15, -0.1) is 0 Å². The van der Waals surface area contributed by atoms with Crippen molar-refractivity contribution in [1.29, 1.82) is 0 Å². The van der Waals surface area contributed by atoms with Gasteiger partial charge in [0.15, 0.2) is 0 Å². The number of fused-ring (bicyclic) bond motifs is 2. The number of hydrogen-bond acceptors (Lipinski definition) is 2. The van der Waals surface area contributed by atoms with Crippen LogP contribution in [0, 0.1) is 6.92 Å². The molecule has 3 aliphatic rings. The fourth-order valence-corrected chi connectivity index (χ4v) is 4.28. The van der Waals surface area contributed by atoms with Crippen molar-refractivity contribution < 1.29 is 4.74 Å². The zero-order valence-electron chi connectivity index (χ0n) is 11.8. The topological polar surface area (TPSA) is 12.5 Å². The molecule has 2 saturated heterocycles. The number of nitrogens with zero attached hydrogens (tertiary/aromatic N) is 1. The van der Waals surface area contributed by atoms with E-state index in [1.165, 1.54) is 56.3 Å². The largest absolute Gasteiger partial charge is 0.487 e. The molecule has 2 heteroatoms.